The Morgan fingerprint density at radius 2 is 0.909 bits per heavy atom. The molecule has 25 heteroatoms. The van der Waals surface area contributed by atoms with Gasteiger partial charge in [0.15, 0.2) is 5.75 Å². The summed E-state index contributed by atoms with van der Waals surface area (Å²) in [5, 5.41) is 54.1. The largest absolute Gasteiger partial charge is 0.508 e. The summed E-state index contributed by atoms with van der Waals surface area (Å²) in [4.78, 5) is -2.27. The number of phenols is 2. The predicted octanol–water partition coefficient (Wildman–Crippen LogP) is 10.8. The van der Waals surface area contributed by atoms with Crippen LogP contribution in [0.5, 0.6) is 28.7 Å². The maximum absolute atomic E-state index is 12.6. The predicted molar refractivity (Wildman–Crippen MR) is 236 cm³/mol. The highest BCUT2D eigenvalue weighted by Crippen LogP contribution is 2.45. The van der Waals surface area contributed by atoms with Crippen LogP contribution in [0.25, 0.3) is 21.5 Å². The van der Waals surface area contributed by atoms with Crippen LogP contribution in [0, 0.1) is 0 Å². The molecule has 5 N–H and O–H groups in total. The molecule has 0 aromatic heterocycles. The number of azo groups is 4. The third kappa shape index (κ3) is 10.3. The fourth-order valence-electron chi connectivity index (χ4n) is 6.20. The Balaban J connectivity index is 1.15. The van der Waals surface area contributed by atoms with Gasteiger partial charge < -0.3 is 24.4 Å². The zero-order chi connectivity index (χ0) is 47.6. The van der Waals surface area contributed by atoms with E-state index in [0.717, 1.165) is 12.1 Å². The molecule has 0 atom stereocenters. The number of hydrogen-bond donors (Lipinski definition) is 5. The van der Waals surface area contributed by atoms with Crippen molar-refractivity contribution in [1.82, 2.24) is 0 Å². The zero-order valence-corrected chi connectivity index (χ0v) is 36.6. The number of hydrogen-bond acceptors (Lipinski definition) is 19. The van der Waals surface area contributed by atoms with E-state index in [-0.39, 0.29) is 78.7 Å². The maximum atomic E-state index is 12.6. The topological polar surface area (TPSA) is 330 Å². The summed E-state index contributed by atoms with van der Waals surface area (Å²) in [6, 6.07) is 24.3. The van der Waals surface area contributed by atoms with Crippen LogP contribution in [-0.4, -0.2) is 70.5 Å². The van der Waals surface area contributed by atoms with Crippen molar-refractivity contribution in [2.75, 3.05) is 21.3 Å². The van der Waals surface area contributed by atoms with Gasteiger partial charge in [0.1, 0.15) is 55.5 Å². The van der Waals surface area contributed by atoms with Crippen LogP contribution >= 0.6 is 0 Å². The number of fused-ring (bicyclic) bond motifs is 2. The van der Waals surface area contributed by atoms with Gasteiger partial charge in [0.2, 0.25) is 0 Å². The molecule has 0 amide bonds. The first-order valence-electron chi connectivity index (χ1n) is 18.5. The molecule has 0 saturated heterocycles. The van der Waals surface area contributed by atoms with Crippen LogP contribution < -0.4 is 14.2 Å². The summed E-state index contributed by atoms with van der Waals surface area (Å²) in [7, 11) is -10.7. The average molecular weight is 957 g/mol. The molecule has 0 radical (unpaired) electrons. The van der Waals surface area contributed by atoms with Gasteiger partial charge in [-0.15, -0.1) is 20.5 Å². The van der Waals surface area contributed by atoms with E-state index in [1.54, 1.807) is 0 Å². The molecule has 0 heterocycles. The van der Waals surface area contributed by atoms with Crippen molar-refractivity contribution in [1.29, 1.82) is 0 Å². The van der Waals surface area contributed by atoms with Gasteiger partial charge in [0.05, 0.1) is 49.0 Å². The summed E-state index contributed by atoms with van der Waals surface area (Å²) < 4.78 is 119. The second-order valence-corrected chi connectivity index (χ2v) is 17.8. The van der Waals surface area contributed by atoms with Crippen LogP contribution in [0.3, 0.4) is 0 Å². The fraction of sp³-hybridized carbons (Fsp3) is 0.0732. The maximum Gasteiger partial charge on any atom is 0.296 e. The molecule has 338 valence electrons. The quantitative estimate of drug-likeness (QED) is 0.0500. The van der Waals surface area contributed by atoms with Gasteiger partial charge in [-0.05, 0) is 95.7 Å². The van der Waals surface area contributed by atoms with Crippen LogP contribution in [0.1, 0.15) is 0 Å². The molecule has 0 fully saturated rings. The van der Waals surface area contributed by atoms with Crippen molar-refractivity contribution < 1.29 is 63.3 Å². The van der Waals surface area contributed by atoms with E-state index in [1.807, 2.05) is 0 Å². The molecule has 22 nitrogen and oxygen atoms in total. The molecule has 7 aromatic carbocycles. The molecule has 0 bridgehead atoms. The van der Waals surface area contributed by atoms with E-state index >= 15 is 0 Å². The SMILES string of the molecule is COc1cc(N=Nc2cc(OC)c(N=Nc3c(S(=O)(=O)O)cc4cc(N=Nc5ccc(O)cc5)ccc4c3O)cc2OC)ccc1N=Nc1ccc2cc(S(=O)(=O)O)cc(S(=O)(=O)O)c2c1. The molecule has 0 aliphatic heterocycles. The molecule has 7 rings (SSSR count). The Morgan fingerprint density at radius 3 is 1.52 bits per heavy atom. The average Bonchev–Trinajstić information content (AvgIpc) is 3.28. The second-order valence-electron chi connectivity index (χ2n) is 13.6. The Labute approximate surface area is 374 Å². The van der Waals surface area contributed by atoms with E-state index in [2.05, 4.69) is 40.9 Å². The van der Waals surface area contributed by atoms with E-state index in [1.165, 1.54) is 112 Å². The van der Waals surface area contributed by atoms with Gasteiger partial charge in [-0.25, -0.2) is 0 Å². The molecular weight excluding hydrogens is 925 g/mol. The zero-order valence-electron chi connectivity index (χ0n) is 34.1. The highest BCUT2D eigenvalue weighted by molar-refractivity contribution is 7.87. The van der Waals surface area contributed by atoms with Gasteiger partial charge in [0.25, 0.3) is 30.4 Å². The number of ether oxygens (including phenoxy) is 3. The number of phenolic OH excluding ortho intramolecular Hbond substituents is 2. The lowest BCUT2D eigenvalue weighted by Gasteiger charge is -2.11. The van der Waals surface area contributed by atoms with Crippen LogP contribution in [0.2, 0.25) is 0 Å². The first-order valence-corrected chi connectivity index (χ1v) is 22.8. The molecule has 0 spiro atoms. The molecule has 7 aromatic rings. The van der Waals surface area contributed by atoms with Crippen molar-refractivity contribution >= 4 is 97.4 Å². The minimum absolute atomic E-state index is 0.000985. The molecular formula is C41H32N8O14S3. The van der Waals surface area contributed by atoms with Crippen molar-refractivity contribution in [3.8, 4) is 28.7 Å². The number of rotatable bonds is 14. The third-order valence-corrected chi connectivity index (χ3v) is 11.9. The Bertz CT molecular complexity index is 3550. The number of aromatic hydroxyl groups is 2. The van der Waals surface area contributed by atoms with Crippen molar-refractivity contribution in [3.05, 3.63) is 109 Å². The fourth-order valence-corrected chi connectivity index (χ4v) is 8.20. The van der Waals surface area contributed by atoms with E-state index < -0.39 is 56.5 Å². The lowest BCUT2D eigenvalue weighted by atomic mass is 10.1. The highest BCUT2D eigenvalue weighted by atomic mass is 32.2. The summed E-state index contributed by atoms with van der Waals surface area (Å²) >= 11 is 0. The van der Waals surface area contributed by atoms with Crippen molar-refractivity contribution in [3.63, 3.8) is 0 Å². The first-order chi connectivity index (χ1) is 31.2. The molecule has 0 aliphatic carbocycles. The summed E-state index contributed by atoms with van der Waals surface area (Å²) in [5.74, 6) is -0.212. The third-order valence-electron chi connectivity index (χ3n) is 9.34. The summed E-state index contributed by atoms with van der Waals surface area (Å²) in [6.07, 6.45) is 0. The van der Waals surface area contributed by atoms with Crippen molar-refractivity contribution in [2.45, 2.75) is 14.7 Å². The molecule has 66 heavy (non-hydrogen) atoms. The van der Waals surface area contributed by atoms with Crippen LogP contribution in [-0.2, 0) is 30.4 Å². The smallest absolute Gasteiger partial charge is 0.296 e. The minimum atomic E-state index is -4.98. The monoisotopic (exact) mass is 956 g/mol. The second kappa shape index (κ2) is 18.4. The highest BCUT2D eigenvalue weighted by Gasteiger charge is 2.24. The van der Waals surface area contributed by atoms with E-state index in [0.29, 0.717) is 11.8 Å². The van der Waals surface area contributed by atoms with Gasteiger partial charge in [-0.3, -0.25) is 13.7 Å². The van der Waals surface area contributed by atoms with Gasteiger partial charge in [0, 0.05) is 29.0 Å². The Morgan fingerprint density at radius 1 is 0.409 bits per heavy atom. The normalized spacial score (nSPS) is 12.6. The molecule has 0 unspecified atom stereocenters. The minimum Gasteiger partial charge on any atom is -0.508 e. The van der Waals surface area contributed by atoms with Gasteiger partial charge in [-0.2, -0.15) is 45.7 Å². The lowest BCUT2D eigenvalue weighted by Crippen LogP contribution is -2.04. The van der Waals surface area contributed by atoms with E-state index in [9.17, 15) is 49.1 Å². The number of benzene rings is 7. The molecule has 0 aliphatic rings. The molecule has 0 saturated carbocycles. The summed E-state index contributed by atoms with van der Waals surface area (Å²) in [5.41, 5.74) is 0.857. The van der Waals surface area contributed by atoms with E-state index in [4.69, 9.17) is 14.2 Å². The Hall–Kier alpha value is -7.81. The van der Waals surface area contributed by atoms with Crippen LogP contribution in [0.15, 0.2) is 165 Å². The van der Waals surface area contributed by atoms with Gasteiger partial charge >= 0.3 is 0 Å². The summed E-state index contributed by atoms with van der Waals surface area (Å²) in [6.45, 7) is 0. The lowest BCUT2D eigenvalue weighted by molar-refractivity contribution is 0.405. The van der Waals surface area contributed by atoms with Crippen molar-refractivity contribution in [2.24, 2.45) is 40.9 Å². The number of nitrogens with zero attached hydrogens (tertiary/aromatic N) is 8. The van der Waals surface area contributed by atoms with Gasteiger partial charge in [-0.1, -0.05) is 6.07 Å². The standard InChI is InChI=1S/C41H32N8O14S3/c1-61-35-18-27(9-13-32(35)46-44-26-5-4-22-15-29(64(52,53)54)19-38(31(22)17-26)65(55,56)57)45-47-33-20-37(63-3)34(21-36(33)62-2)48-49-40-39(66(58,59)60)16-23-14-25(8-12-30(23)41(40)51)43-42-24-6-10-28(50)11-7-24/h4-21,50-51H,1-3H3,(H,52,53,54)(H,55,56,57)(H,58,59,60). The van der Waals surface area contributed by atoms with Crippen LogP contribution in [0.4, 0.5) is 45.5 Å². The number of methoxy groups -OCH3 is 3. The Kier molecular flexibility index (Phi) is 12.8. The first kappa shape index (κ1) is 46.2.